The first-order valence-corrected chi connectivity index (χ1v) is 6.33. The predicted molar refractivity (Wildman–Crippen MR) is 66.4 cm³/mol. The molecule has 1 heterocycles. The quantitative estimate of drug-likeness (QED) is 0.892. The van der Waals surface area contributed by atoms with Crippen molar-refractivity contribution in [3.8, 4) is 0 Å². The van der Waals surface area contributed by atoms with E-state index in [4.69, 9.17) is 4.74 Å². The van der Waals surface area contributed by atoms with E-state index in [0.717, 1.165) is 19.4 Å². The molecule has 0 aromatic heterocycles. The van der Waals surface area contributed by atoms with Crippen molar-refractivity contribution in [2.75, 3.05) is 13.2 Å². The van der Waals surface area contributed by atoms with Crippen LogP contribution < -0.4 is 5.32 Å². The van der Waals surface area contributed by atoms with E-state index in [1.54, 1.807) is 6.92 Å². The molecule has 1 aromatic carbocycles. The molecular formula is C14H19F2NO. The Labute approximate surface area is 106 Å². The SMILES string of the molecule is CC(NCC1(C)CCCO1)c1c(F)cccc1F. The normalized spacial score (nSPS) is 25.3. The lowest BCUT2D eigenvalue weighted by Crippen LogP contribution is -2.38. The number of rotatable bonds is 4. The van der Waals surface area contributed by atoms with Gasteiger partial charge in [-0.05, 0) is 38.8 Å². The number of ether oxygens (including phenoxy) is 1. The molecule has 2 rings (SSSR count). The standard InChI is InChI=1S/C14H19F2NO/c1-10(13-11(15)5-3-6-12(13)16)17-9-14(2)7-4-8-18-14/h3,5-6,10,17H,4,7-9H2,1-2H3. The molecule has 1 aliphatic heterocycles. The van der Waals surface area contributed by atoms with Crippen LogP contribution in [0.3, 0.4) is 0 Å². The maximum Gasteiger partial charge on any atom is 0.130 e. The maximum absolute atomic E-state index is 13.6. The Hall–Kier alpha value is -1.00. The molecule has 1 fully saturated rings. The summed E-state index contributed by atoms with van der Waals surface area (Å²) in [6, 6.07) is 3.57. The van der Waals surface area contributed by atoms with Gasteiger partial charge < -0.3 is 10.1 Å². The number of halogens is 2. The molecule has 18 heavy (non-hydrogen) atoms. The zero-order valence-corrected chi connectivity index (χ0v) is 10.8. The highest BCUT2D eigenvalue weighted by atomic mass is 19.1. The average molecular weight is 255 g/mol. The molecule has 2 nitrogen and oxygen atoms in total. The molecule has 4 heteroatoms. The van der Waals surface area contributed by atoms with Gasteiger partial charge in [-0.2, -0.15) is 0 Å². The molecule has 0 aliphatic carbocycles. The second-order valence-corrected chi connectivity index (χ2v) is 5.14. The van der Waals surface area contributed by atoms with Crippen LogP contribution in [-0.2, 0) is 4.74 Å². The fraction of sp³-hybridized carbons (Fsp3) is 0.571. The largest absolute Gasteiger partial charge is 0.374 e. The monoisotopic (exact) mass is 255 g/mol. The fourth-order valence-corrected chi connectivity index (χ4v) is 2.37. The van der Waals surface area contributed by atoms with Gasteiger partial charge in [-0.25, -0.2) is 8.78 Å². The van der Waals surface area contributed by atoms with Crippen LogP contribution in [0.1, 0.15) is 38.3 Å². The van der Waals surface area contributed by atoms with Crippen LogP contribution in [0.25, 0.3) is 0 Å². The second-order valence-electron chi connectivity index (χ2n) is 5.14. The topological polar surface area (TPSA) is 21.3 Å². The van der Waals surface area contributed by atoms with Crippen molar-refractivity contribution in [2.24, 2.45) is 0 Å². The molecule has 1 N–H and O–H groups in total. The zero-order chi connectivity index (χ0) is 13.2. The summed E-state index contributed by atoms with van der Waals surface area (Å²) in [6.07, 6.45) is 2.02. The summed E-state index contributed by atoms with van der Waals surface area (Å²) in [6.45, 7) is 5.15. The van der Waals surface area contributed by atoms with Gasteiger partial charge in [0, 0.05) is 24.8 Å². The number of hydrogen-bond acceptors (Lipinski definition) is 2. The Bertz CT molecular complexity index is 396. The Balaban J connectivity index is 2.01. The summed E-state index contributed by atoms with van der Waals surface area (Å²) in [5, 5.41) is 3.16. The highest BCUT2D eigenvalue weighted by molar-refractivity contribution is 5.22. The Morgan fingerprint density at radius 2 is 2.06 bits per heavy atom. The molecule has 0 amide bonds. The number of benzene rings is 1. The van der Waals surface area contributed by atoms with Crippen LogP contribution in [0.2, 0.25) is 0 Å². The highest BCUT2D eigenvalue weighted by Crippen LogP contribution is 2.26. The van der Waals surface area contributed by atoms with E-state index >= 15 is 0 Å². The molecule has 0 saturated carbocycles. The number of hydrogen-bond donors (Lipinski definition) is 1. The van der Waals surface area contributed by atoms with E-state index in [1.165, 1.54) is 18.2 Å². The smallest absolute Gasteiger partial charge is 0.130 e. The molecule has 0 bridgehead atoms. The lowest BCUT2D eigenvalue weighted by Gasteiger charge is -2.26. The zero-order valence-electron chi connectivity index (χ0n) is 10.8. The molecule has 2 atom stereocenters. The van der Waals surface area contributed by atoms with E-state index in [9.17, 15) is 8.78 Å². The molecule has 1 aliphatic rings. The van der Waals surface area contributed by atoms with Gasteiger partial charge in [-0.15, -0.1) is 0 Å². The molecular weight excluding hydrogens is 236 g/mol. The van der Waals surface area contributed by atoms with E-state index in [-0.39, 0.29) is 17.2 Å². The van der Waals surface area contributed by atoms with Crippen LogP contribution in [0, 0.1) is 11.6 Å². The summed E-state index contributed by atoms with van der Waals surface area (Å²) < 4.78 is 32.8. The minimum Gasteiger partial charge on any atom is -0.374 e. The van der Waals surface area contributed by atoms with Gasteiger partial charge in [0.05, 0.1) is 5.60 Å². The van der Waals surface area contributed by atoms with Gasteiger partial charge in [0.1, 0.15) is 11.6 Å². The summed E-state index contributed by atoms with van der Waals surface area (Å²) >= 11 is 0. The van der Waals surface area contributed by atoms with Crippen molar-refractivity contribution in [1.82, 2.24) is 5.32 Å². The van der Waals surface area contributed by atoms with Crippen molar-refractivity contribution in [3.05, 3.63) is 35.4 Å². The molecule has 1 aromatic rings. The first-order valence-electron chi connectivity index (χ1n) is 6.33. The summed E-state index contributed by atoms with van der Waals surface area (Å²) in [5.74, 6) is -1.01. The summed E-state index contributed by atoms with van der Waals surface area (Å²) in [4.78, 5) is 0. The predicted octanol–water partition coefficient (Wildman–Crippen LogP) is 3.18. The first kappa shape index (κ1) is 13.4. The van der Waals surface area contributed by atoms with Crippen molar-refractivity contribution >= 4 is 0 Å². The Kier molecular flexibility index (Phi) is 3.97. The van der Waals surface area contributed by atoms with Crippen LogP contribution in [0.4, 0.5) is 8.78 Å². The van der Waals surface area contributed by atoms with E-state index < -0.39 is 11.6 Å². The van der Waals surface area contributed by atoms with E-state index in [2.05, 4.69) is 5.32 Å². The number of nitrogens with one attached hydrogen (secondary N) is 1. The molecule has 0 spiro atoms. The van der Waals surface area contributed by atoms with Gasteiger partial charge in [0.25, 0.3) is 0 Å². The summed E-state index contributed by atoms with van der Waals surface area (Å²) in [7, 11) is 0. The van der Waals surface area contributed by atoms with Crippen LogP contribution in [-0.4, -0.2) is 18.8 Å². The fourth-order valence-electron chi connectivity index (χ4n) is 2.37. The van der Waals surface area contributed by atoms with Crippen LogP contribution >= 0.6 is 0 Å². The van der Waals surface area contributed by atoms with Gasteiger partial charge in [0.15, 0.2) is 0 Å². The third-order valence-electron chi connectivity index (χ3n) is 3.52. The van der Waals surface area contributed by atoms with Crippen molar-refractivity contribution in [3.63, 3.8) is 0 Å². The van der Waals surface area contributed by atoms with Gasteiger partial charge >= 0.3 is 0 Å². The molecule has 1 saturated heterocycles. The van der Waals surface area contributed by atoms with Crippen molar-refractivity contribution in [1.29, 1.82) is 0 Å². The third-order valence-corrected chi connectivity index (χ3v) is 3.52. The van der Waals surface area contributed by atoms with Gasteiger partial charge in [0.2, 0.25) is 0 Å². The summed E-state index contributed by atoms with van der Waals surface area (Å²) in [5.41, 5.74) is -0.116. The minimum atomic E-state index is -0.507. The maximum atomic E-state index is 13.6. The molecule has 100 valence electrons. The van der Waals surface area contributed by atoms with Crippen LogP contribution in [0.15, 0.2) is 18.2 Å². The lowest BCUT2D eigenvalue weighted by atomic mass is 10.0. The van der Waals surface area contributed by atoms with Gasteiger partial charge in [-0.3, -0.25) is 0 Å². The Morgan fingerprint density at radius 3 is 2.61 bits per heavy atom. The first-order chi connectivity index (χ1) is 8.52. The molecule has 0 radical (unpaired) electrons. The lowest BCUT2D eigenvalue weighted by molar-refractivity contribution is 0.0189. The van der Waals surface area contributed by atoms with E-state index in [0.29, 0.717) is 6.54 Å². The van der Waals surface area contributed by atoms with Crippen LogP contribution in [0.5, 0.6) is 0 Å². The van der Waals surface area contributed by atoms with Crippen molar-refractivity contribution in [2.45, 2.75) is 38.3 Å². The second kappa shape index (κ2) is 5.33. The highest BCUT2D eigenvalue weighted by Gasteiger charge is 2.30. The average Bonchev–Trinajstić information content (AvgIpc) is 2.74. The molecule has 2 unspecified atom stereocenters. The third kappa shape index (κ3) is 2.87. The Morgan fingerprint density at radius 1 is 1.39 bits per heavy atom. The van der Waals surface area contributed by atoms with Gasteiger partial charge in [-0.1, -0.05) is 6.07 Å². The van der Waals surface area contributed by atoms with Crippen molar-refractivity contribution < 1.29 is 13.5 Å². The van der Waals surface area contributed by atoms with E-state index in [1.807, 2.05) is 6.92 Å². The minimum absolute atomic E-state index is 0.0964.